The van der Waals surface area contributed by atoms with E-state index in [0.29, 0.717) is 29.7 Å². The van der Waals surface area contributed by atoms with Crippen LogP contribution in [0.4, 0.5) is 5.95 Å². The lowest BCUT2D eigenvalue weighted by atomic mass is 10.2. The van der Waals surface area contributed by atoms with Gasteiger partial charge in [-0.15, -0.1) is 0 Å². The monoisotopic (exact) mass is 281 g/mol. The molecule has 2 unspecified atom stereocenters. The number of nitrogens with one attached hydrogen (secondary N) is 1. The van der Waals surface area contributed by atoms with Crippen molar-refractivity contribution in [2.75, 3.05) is 17.7 Å². The number of hydrogen-bond acceptors (Lipinski definition) is 5. The molecule has 106 valence electrons. The summed E-state index contributed by atoms with van der Waals surface area (Å²) < 4.78 is 5.54. The molecular formula is C14H23N3OS. The predicted molar refractivity (Wildman–Crippen MR) is 81.0 cm³/mol. The summed E-state index contributed by atoms with van der Waals surface area (Å²) in [5, 5.41) is 4.16. The Hall–Kier alpha value is -0.970. The van der Waals surface area contributed by atoms with Crippen LogP contribution in [0.1, 0.15) is 39.5 Å². The SMILES string of the molecule is CCCOc1ccnc(NC2CCCC2SCC)n1. The van der Waals surface area contributed by atoms with Crippen LogP contribution in [0.3, 0.4) is 0 Å². The zero-order valence-corrected chi connectivity index (χ0v) is 12.6. The van der Waals surface area contributed by atoms with E-state index in [4.69, 9.17) is 4.74 Å². The Balaban J connectivity index is 1.94. The fourth-order valence-corrected chi connectivity index (χ4v) is 3.57. The van der Waals surface area contributed by atoms with Gasteiger partial charge in [0.2, 0.25) is 11.8 Å². The zero-order valence-electron chi connectivity index (χ0n) is 11.8. The van der Waals surface area contributed by atoms with Gasteiger partial charge in [-0.05, 0) is 25.0 Å². The lowest BCUT2D eigenvalue weighted by Gasteiger charge is -2.20. The molecule has 0 bridgehead atoms. The summed E-state index contributed by atoms with van der Waals surface area (Å²) in [5.74, 6) is 2.53. The van der Waals surface area contributed by atoms with Crippen molar-refractivity contribution < 1.29 is 4.74 Å². The van der Waals surface area contributed by atoms with Crippen molar-refractivity contribution in [1.29, 1.82) is 0 Å². The first-order chi connectivity index (χ1) is 9.33. The molecule has 0 saturated heterocycles. The van der Waals surface area contributed by atoms with E-state index in [9.17, 15) is 0 Å². The summed E-state index contributed by atoms with van der Waals surface area (Å²) >= 11 is 2.04. The number of rotatable bonds is 7. The first kappa shape index (κ1) is 14.4. The molecule has 1 fully saturated rings. The van der Waals surface area contributed by atoms with Gasteiger partial charge in [0.25, 0.3) is 0 Å². The molecule has 0 spiro atoms. The molecule has 1 aliphatic rings. The van der Waals surface area contributed by atoms with Gasteiger partial charge in [0.05, 0.1) is 6.61 Å². The van der Waals surface area contributed by atoms with Crippen LogP contribution in [0, 0.1) is 0 Å². The third-order valence-electron chi connectivity index (χ3n) is 3.23. The molecule has 19 heavy (non-hydrogen) atoms. The average molecular weight is 281 g/mol. The van der Waals surface area contributed by atoms with Crippen LogP contribution >= 0.6 is 11.8 Å². The third kappa shape index (κ3) is 4.27. The van der Waals surface area contributed by atoms with Crippen LogP contribution in [-0.4, -0.2) is 33.6 Å². The summed E-state index contributed by atoms with van der Waals surface area (Å²) in [6.07, 6.45) is 6.55. The van der Waals surface area contributed by atoms with Crippen LogP contribution in [0.15, 0.2) is 12.3 Å². The molecule has 1 aliphatic carbocycles. The van der Waals surface area contributed by atoms with E-state index in [0.717, 1.165) is 6.42 Å². The molecule has 0 radical (unpaired) electrons. The number of aromatic nitrogens is 2. The highest BCUT2D eigenvalue weighted by Gasteiger charge is 2.27. The van der Waals surface area contributed by atoms with E-state index < -0.39 is 0 Å². The molecule has 1 aromatic heterocycles. The lowest BCUT2D eigenvalue weighted by Crippen LogP contribution is -2.27. The molecule has 0 aliphatic heterocycles. The maximum Gasteiger partial charge on any atom is 0.226 e. The highest BCUT2D eigenvalue weighted by molar-refractivity contribution is 7.99. The number of hydrogen-bond donors (Lipinski definition) is 1. The molecule has 2 atom stereocenters. The van der Waals surface area contributed by atoms with Crippen molar-refractivity contribution in [3.63, 3.8) is 0 Å². The topological polar surface area (TPSA) is 47.0 Å². The summed E-state index contributed by atoms with van der Waals surface area (Å²) in [6, 6.07) is 2.31. The molecule has 4 nitrogen and oxygen atoms in total. The highest BCUT2D eigenvalue weighted by Crippen LogP contribution is 2.31. The van der Waals surface area contributed by atoms with Gasteiger partial charge in [-0.2, -0.15) is 16.7 Å². The van der Waals surface area contributed by atoms with Crippen molar-refractivity contribution in [2.45, 2.75) is 50.8 Å². The van der Waals surface area contributed by atoms with Gasteiger partial charge < -0.3 is 10.1 Å². The third-order valence-corrected chi connectivity index (χ3v) is 4.56. The number of anilines is 1. The minimum absolute atomic E-state index is 0.492. The molecule has 0 amide bonds. The second kappa shape index (κ2) is 7.58. The average Bonchev–Trinajstić information content (AvgIpc) is 2.85. The Kier molecular flexibility index (Phi) is 5.76. The second-order valence-corrected chi connectivity index (χ2v) is 6.26. The van der Waals surface area contributed by atoms with Crippen LogP contribution in [0.5, 0.6) is 5.88 Å². The fraction of sp³-hybridized carbons (Fsp3) is 0.714. The Morgan fingerprint density at radius 3 is 3.11 bits per heavy atom. The number of nitrogens with zero attached hydrogens (tertiary/aromatic N) is 2. The summed E-state index contributed by atoms with van der Waals surface area (Å²) in [4.78, 5) is 8.71. The van der Waals surface area contributed by atoms with E-state index in [2.05, 4.69) is 29.1 Å². The maximum atomic E-state index is 5.54. The van der Waals surface area contributed by atoms with Crippen LogP contribution in [0.25, 0.3) is 0 Å². The quantitative estimate of drug-likeness (QED) is 0.830. The van der Waals surface area contributed by atoms with Gasteiger partial charge in [-0.1, -0.05) is 20.3 Å². The Labute approximate surface area is 119 Å². The predicted octanol–water partition coefficient (Wildman–Crippen LogP) is 3.35. The van der Waals surface area contributed by atoms with Gasteiger partial charge in [-0.25, -0.2) is 4.98 Å². The molecule has 1 heterocycles. The van der Waals surface area contributed by atoms with Gasteiger partial charge >= 0.3 is 0 Å². The molecule has 0 aromatic carbocycles. The van der Waals surface area contributed by atoms with E-state index in [-0.39, 0.29) is 0 Å². The van der Waals surface area contributed by atoms with Gasteiger partial charge in [-0.3, -0.25) is 0 Å². The smallest absolute Gasteiger partial charge is 0.226 e. The minimum Gasteiger partial charge on any atom is -0.478 e. The Morgan fingerprint density at radius 2 is 2.32 bits per heavy atom. The zero-order chi connectivity index (χ0) is 13.5. The lowest BCUT2D eigenvalue weighted by molar-refractivity contribution is 0.305. The number of ether oxygens (including phenoxy) is 1. The molecule has 1 aromatic rings. The van der Waals surface area contributed by atoms with Gasteiger partial charge in [0.15, 0.2) is 0 Å². The molecule has 2 rings (SSSR count). The van der Waals surface area contributed by atoms with Crippen LogP contribution in [-0.2, 0) is 0 Å². The fourth-order valence-electron chi connectivity index (χ4n) is 2.37. The van der Waals surface area contributed by atoms with Crippen molar-refractivity contribution in [1.82, 2.24) is 9.97 Å². The summed E-state index contributed by atoms with van der Waals surface area (Å²) in [6.45, 7) is 5.01. The molecule has 1 N–H and O–H groups in total. The normalized spacial score (nSPS) is 22.4. The van der Waals surface area contributed by atoms with Gasteiger partial charge in [0, 0.05) is 23.6 Å². The van der Waals surface area contributed by atoms with Gasteiger partial charge in [0.1, 0.15) is 0 Å². The van der Waals surface area contributed by atoms with Crippen molar-refractivity contribution in [3.05, 3.63) is 12.3 Å². The second-order valence-electron chi connectivity index (χ2n) is 4.74. The van der Waals surface area contributed by atoms with E-state index in [1.54, 1.807) is 6.20 Å². The van der Waals surface area contributed by atoms with E-state index in [1.165, 1.54) is 25.0 Å². The standard InChI is InChI=1S/C14H23N3OS/c1-3-10-18-13-8-9-15-14(17-13)16-11-6-5-7-12(11)19-4-2/h8-9,11-12H,3-7,10H2,1-2H3,(H,15,16,17). The van der Waals surface area contributed by atoms with Crippen molar-refractivity contribution >= 4 is 17.7 Å². The molecule has 1 saturated carbocycles. The Morgan fingerprint density at radius 1 is 1.42 bits per heavy atom. The van der Waals surface area contributed by atoms with Crippen LogP contribution < -0.4 is 10.1 Å². The van der Waals surface area contributed by atoms with E-state index in [1.807, 2.05) is 17.8 Å². The highest BCUT2D eigenvalue weighted by atomic mass is 32.2. The first-order valence-electron chi connectivity index (χ1n) is 7.17. The largest absolute Gasteiger partial charge is 0.478 e. The summed E-state index contributed by atoms with van der Waals surface area (Å²) in [5.41, 5.74) is 0. The van der Waals surface area contributed by atoms with E-state index >= 15 is 0 Å². The van der Waals surface area contributed by atoms with Crippen molar-refractivity contribution in [2.24, 2.45) is 0 Å². The number of thioether (sulfide) groups is 1. The minimum atomic E-state index is 0.492. The Bertz CT molecular complexity index is 389. The molecule has 5 heteroatoms. The van der Waals surface area contributed by atoms with Crippen molar-refractivity contribution in [3.8, 4) is 5.88 Å². The first-order valence-corrected chi connectivity index (χ1v) is 8.22. The van der Waals surface area contributed by atoms with Crippen LogP contribution in [0.2, 0.25) is 0 Å². The summed E-state index contributed by atoms with van der Waals surface area (Å²) in [7, 11) is 0. The maximum absolute atomic E-state index is 5.54. The molecular weight excluding hydrogens is 258 g/mol.